The zero-order chi connectivity index (χ0) is 31.2. The lowest BCUT2D eigenvalue weighted by atomic mass is 10.0. The molecule has 0 aliphatic carbocycles. The number of benzene rings is 3. The molecule has 2 aliphatic rings. The molecule has 1 aromatic heterocycles. The molecule has 0 unspecified atom stereocenters. The van der Waals surface area contributed by atoms with Crippen molar-refractivity contribution in [1.82, 2.24) is 19.4 Å². The summed E-state index contributed by atoms with van der Waals surface area (Å²) in [5, 5.41) is 0. The molecular weight excluding hydrogens is 568 g/mol. The van der Waals surface area contributed by atoms with Crippen LogP contribution in [0.1, 0.15) is 27.7 Å². The SMILES string of the molecule is CC(C)N1CCN(c2ccc(-c3cc(N4CCN(C(C)C)CC4)c4nc(-c5ccc(S(C)(=O)=O)cc5)n(C)c4c3)cc2)CC1. The first-order valence-electron chi connectivity index (χ1n) is 15.9. The summed E-state index contributed by atoms with van der Waals surface area (Å²) in [7, 11) is -1.21. The van der Waals surface area contributed by atoms with E-state index >= 15 is 0 Å². The van der Waals surface area contributed by atoms with Crippen LogP contribution in [0.2, 0.25) is 0 Å². The average molecular weight is 615 g/mol. The molecule has 0 radical (unpaired) electrons. The Hall–Kier alpha value is -3.40. The van der Waals surface area contributed by atoms with E-state index in [9.17, 15) is 8.42 Å². The van der Waals surface area contributed by atoms with E-state index in [0.717, 1.165) is 80.5 Å². The second-order valence-corrected chi connectivity index (χ2v) is 15.0. The van der Waals surface area contributed by atoms with Crippen molar-refractivity contribution in [2.45, 2.75) is 44.7 Å². The van der Waals surface area contributed by atoms with Crippen LogP contribution >= 0.6 is 0 Å². The molecule has 3 heterocycles. The summed E-state index contributed by atoms with van der Waals surface area (Å²) in [6.45, 7) is 17.3. The van der Waals surface area contributed by atoms with Gasteiger partial charge in [0.2, 0.25) is 0 Å². The first-order valence-corrected chi connectivity index (χ1v) is 17.8. The molecule has 6 rings (SSSR count). The van der Waals surface area contributed by atoms with Crippen LogP contribution in [-0.4, -0.2) is 98.5 Å². The summed E-state index contributed by atoms with van der Waals surface area (Å²) in [5.74, 6) is 0.829. The Morgan fingerprint density at radius 3 is 1.70 bits per heavy atom. The van der Waals surface area contributed by atoms with Gasteiger partial charge < -0.3 is 14.4 Å². The molecule has 0 saturated carbocycles. The molecule has 2 saturated heterocycles. The highest BCUT2D eigenvalue weighted by molar-refractivity contribution is 7.90. The van der Waals surface area contributed by atoms with Crippen LogP contribution in [0.15, 0.2) is 65.6 Å². The molecule has 0 amide bonds. The van der Waals surface area contributed by atoms with Crippen molar-refractivity contribution in [3.63, 3.8) is 0 Å². The number of nitrogens with zero attached hydrogens (tertiary/aromatic N) is 6. The summed E-state index contributed by atoms with van der Waals surface area (Å²) in [6.07, 6.45) is 1.24. The van der Waals surface area contributed by atoms with E-state index in [-0.39, 0.29) is 0 Å². The van der Waals surface area contributed by atoms with Gasteiger partial charge in [-0.2, -0.15) is 0 Å². The van der Waals surface area contributed by atoms with Crippen molar-refractivity contribution in [3.8, 4) is 22.5 Å². The Kier molecular flexibility index (Phi) is 8.48. The Labute approximate surface area is 262 Å². The summed E-state index contributed by atoms with van der Waals surface area (Å²) in [6, 6.07) is 21.8. The average Bonchev–Trinajstić information content (AvgIpc) is 3.36. The van der Waals surface area contributed by atoms with E-state index in [0.29, 0.717) is 17.0 Å². The van der Waals surface area contributed by atoms with Gasteiger partial charge in [0.15, 0.2) is 9.84 Å². The number of piperazine rings is 2. The molecule has 0 atom stereocenters. The topological polar surface area (TPSA) is 64.9 Å². The van der Waals surface area contributed by atoms with Crippen LogP contribution in [0, 0.1) is 0 Å². The van der Waals surface area contributed by atoms with Gasteiger partial charge in [-0.15, -0.1) is 0 Å². The Morgan fingerprint density at radius 1 is 0.659 bits per heavy atom. The van der Waals surface area contributed by atoms with E-state index < -0.39 is 9.84 Å². The highest BCUT2D eigenvalue weighted by atomic mass is 32.2. The van der Waals surface area contributed by atoms with E-state index in [1.165, 1.54) is 23.1 Å². The Morgan fingerprint density at radius 2 is 1.18 bits per heavy atom. The van der Waals surface area contributed by atoms with Crippen molar-refractivity contribution < 1.29 is 8.42 Å². The van der Waals surface area contributed by atoms with Gasteiger partial charge in [0.1, 0.15) is 11.3 Å². The van der Waals surface area contributed by atoms with Crippen molar-refractivity contribution in [3.05, 3.63) is 60.7 Å². The van der Waals surface area contributed by atoms with Crippen molar-refractivity contribution >= 4 is 32.2 Å². The van der Waals surface area contributed by atoms with E-state index in [2.05, 4.69) is 95.3 Å². The quantitative estimate of drug-likeness (QED) is 0.277. The van der Waals surface area contributed by atoms with E-state index in [1.54, 1.807) is 12.1 Å². The van der Waals surface area contributed by atoms with Crippen LogP contribution in [0.25, 0.3) is 33.5 Å². The largest absolute Gasteiger partial charge is 0.369 e. The van der Waals surface area contributed by atoms with Crippen LogP contribution in [0.5, 0.6) is 0 Å². The highest BCUT2D eigenvalue weighted by Crippen LogP contribution is 2.37. The molecular formula is C35H46N6O2S. The van der Waals surface area contributed by atoms with Gasteiger partial charge in [-0.1, -0.05) is 12.1 Å². The molecule has 2 aliphatic heterocycles. The number of aryl methyl sites for hydroxylation is 1. The number of aromatic nitrogens is 2. The molecule has 44 heavy (non-hydrogen) atoms. The fourth-order valence-electron chi connectivity index (χ4n) is 6.63. The lowest BCUT2D eigenvalue weighted by Crippen LogP contribution is -2.49. The maximum Gasteiger partial charge on any atom is 0.175 e. The van der Waals surface area contributed by atoms with Crippen LogP contribution in [0.3, 0.4) is 0 Å². The van der Waals surface area contributed by atoms with E-state index in [4.69, 9.17) is 4.98 Å². The number of rotatable bonds is 7. The minimum Gasteiger partial charge on any atom is -0.369 e. The van der Waals surface area contributed by atoms with Crippen molar-refractivity contribution in [2.75, 3.05) is 68.4 Å². The van der Waals surface area contributed by atoms with Crippen LogP contribution in [-0.2, 0) is 16.9 Å². The summed E-state index contributed by atoms with van der Waals surface area (Å²) < 4.78 is 26.3. The molecule has 9 heteroatoms. The van der Waals surface area contributed by atoms with Gasteiger partial charge in [-0.05, 0) is 87.4 Å². The van der Waals surface area contributed by atoms with Gasteiger partial charge >= 0.3 is 0 Å². The number of anilines is 2. The zero-order valence-corrected chi connectivity index (χ0v) is 27.8. The second-order valence-electron chi connectivity index (χ2n) is 12.9. The number of imidazole rings is 1. The maximum absolute atomic E-state index is 12.1. The highest BCUT2D eigenvalue weighted by Gasteiger charge is 2.24. The predicted molar refractivity (Wildman–Crippen MR) is 183 cm³/mol. The zero-order valence-electron chi connectivity index (χ0n) is 27.0. The standard InChI is InChI=1S/C35H46N6O2S/c1-25(2)38-15-19-40(20-16-38)30-11-7-27(8-12-30)29-23-32-34(33(24-29)41-21-17-39(18-22-41)26(3)4)36-35(37(32)5)28-9-13-31(14-10-28)44(6,42)43/h7-14,23-26H,15-22H2,1-6H3. The molecule has 3 aromatic carbocycles. The van der Waals surface area contributed by atoms with Gasteiger partial charge in [0.05, 0.1) is 16.1 Å². The first kappa shape index (κ1) is 30.6. The van der Waals surface area contributed by atoms with Gasteiger partial charge in [-0.25, -0.2) is 13.4 Å². The Balaban J connectivity index is 1.37. The summed E-state index contributed by atoms with van der Waals surface area (Å²) in [5.41, 5.74) is 7.76. The number of sulfone groups is 1. The monoisotopic (exact) mass is 614 g/mol. The fourth-order valence-corrected chi connectivity index (χ4v) is 7.26. The third kappa shape index (κ3) is 6.10. The van der Waals surface area contributed by atoms with Gasteiger partial charge in [-0.3, -0.25) is 9.80 Å². The summed E-state index contributed by atoms with van der Waals surface area (Å²) in [4.78, 5) is 15.6. The van der Waals surface area contributed by atoms with Crippen molar-refractivity contribution in [1.29, 1.82) is 0 Å². The lowest BCUT2D eigenvalue weighted by Gasteiger charge is -2.38. The lowest BCUT2D eigenvalue weighted by molar-refractivity contribution is 0.209. The Bertz CT molecular complexity index is 1710. The minimum atomic E-state index is -3.26. The normalized spacial score (nSPS) is 17.4. The second kappa shape index (κ2) is 12.2. The predicted octanol–water partition coefficient (Wildman–Crippen LogP) is 5.37. The minimum absolute atomic E-state index is 0.316. The van der Waals surface area contributed by atoms with Crippen LogP contribution < -0.4 is 9.80 Å². The molecule has 234 valence electrons. The smallest absolute Gasteiger partial charge is 0.175 e. The molecule has 0 bridgehead atoms. The molecule has 4 aromatic rings. The van der Waals surface area contributed by atoms with Crippen molar-refractivity contribution in [2.24, 2.45) is 7.05 Å². The summed E-state index contributed by atoms with van der Waals surface area (Å²) >= 11 is 0. The number of fused-ring (bicyclic) bond motifs is 1. The molecule has 2 fully saturated rings. The molecule has 8 nitrogen and oxygen atoms in total. The molecule has 0 spiro atoms. The maximum atomic E-state index is 12.1. The number of hydrogen-bond acceptors (Lipinski definition) is 7. The van der Waals surface area contributed by atoms with Gasteiger partial charge in [0, 0.05) is 89.0 Å². The fraction of sp³-hybridized carbons (Fsp3) is 0.457. The third-order valence-corrected chi connectivity index (χ3v) is 10.6. The number of hydrogen-bond donors (Lipinski definition) is 0. The van der Waals surface area contributed by atoms with E-state index in [1.807, 2.05) is 12.1 Å². The van der Waals surface area contributed by atoms with Crippen LogP contribution in [0.4, 0.5) is 11.4 Å². The third-order valence-electron chi connectivity index (χ3n) is 9.50. The molecule has 0 N–H and O–H groups in total. The van der Waals surface area contributed by atoms with Gasteiger partial charge in [0.25, 0.3) is 0 Å². The first-order chi connectivity index (χ1) is 21.0.